The van der Waals surface area contributed by atoms with Gasteiger partial charge in [0.15, 0.2) is 6.29 Å². The smallest absolute Gasteiger partial charge is 0.399 e. The van der Waals surface area contributed by atoms with E-state index in [2.05, 4.69) is 0 Å². The van der Waals surface area contributed by atoms with Gasteiger partial charge >= 0.3 is 7.12 Å². The quantitative estimate of drug-likeness (QED) is 0.582. The minimum absolute atomic E-state index is 0.330. The van der Waals surface area contributed by atoms with Crippen molar-refractivity contribution >= 4 is 29.5 Å². The molecule has 1 aromatic rings. The molecule has 1 saturated heterocycles. The number of carbonyl (C=O) groups excluding carboxylic acids is 1. The van der Waals surface area contributed by atoms with Gasteiger partial charge in [-0.3, -0.25) is 4.79 Å². The Hall–Kier alpha value is -0.645. The van der Waals surface area contributed by atoms with Gasteiger partial charge in [0, 0.05) is 15.7 Å². The molecule has 0 bridgehead atoms. The van der Waals surface area contributed by atoms with E-state index in [1.807, 2.05) is 39.1 Å². The van der Waals surface area contributed by atoms with Crippen molar-refractivity contribution in [2.75, 3.05) is 0 Å². The summed E-state index contributed by atoms with van der Waals surface area (Å²) in [5.41, 5.74) is 0.0149. The third kappa shape index (κ3) is 1.83. The van der Waals surface area contributed by atoms with Gasteiger partial charge in [-0.05, 0) is 33.8 Å². The molecule has 0 aromatic carbocycles. The molecule has 1 aromatic heterocycles. The molecule has 0 N–H and O–H groups in total. The van der Waals surface area contributed by atoms with E-state index in [1.165, 1.54) is 11.3 Å². The second-order valence-electron chi connectivity index (χ2n) is 4.99. The third-order valence-electron chi connectivity index (χ3n) is 3.26. The average molecular weight is 238 g/mol. The van der Waals surface area contributed by atoms with Gasteiger partial charge in [0.25, 0.3) is 0 Å². The molecule has 3 nitrogen and oxygen atoms in total. The van der Waals surface area contributed by atoms with Crippen molar-refractivity contribution in [3.63, 3.8) is 0 Å². The second kappa shape index (κ2) is 3.69. The number of carbonyl (C=O) groups is 1. The van der Waals surface area contributed by atoms with Gasteiger partial charge in [-0.2, -0.15) is 11.3 Å². The fraction of sp³-hybridized carbons (Fsp3) is 0.545. The zero-order valence-corrected chi connectivity index (χ0v) is 10.8. The van der Waals surface area contributed by atoms with E-state index in [1.54, 1.807) is 0 Å². The highest BCUT2D eigenvalue weighted by Crippen LogP contribution is 2.36. The van der Waals surface area contributed by atoms with Crippen LogP contribution in [-0.4, -0.2) is 24.6 Å². The predicted octanol–water partition coefficient (Wildman–Crippen LogP) is 1.86. The molecule has 0 amide bonds. The van der Waals surface area contributed by atoms with Crippen LogP contribution in [0.25, 0.3) is 0 Å². The van der Waals surface area contributed by atoms with Gasteiger partial charge in [0.1, 0.15) is 0 Å². The van der Waals surface area contributed by atoms with Crippen LogP contribution in [0.3, 0.4) is 0 Å². The Labute approximate surface area is 99.9 Å². The lowest BCUT2D eigenvalue weighted by Gasteiger charge is -2.32. The summed E-state index contributed by atoms with van der Waals surface area (Å²) >= 11 is 1.49. The molecule has 0 saturated carbocycles. The highest BCUT2D eigenvalue weighted by Gasteiger charge is 2.52. The van der Waals surface area contributed by atoms with Crippen LogP contribution in [0.1, 0.15) is 38.1 Å². The molecule has 0 unspecified atom stereocenters. The first-order valence-corrected chi connectivity index (χ1v) is 6.13. The topological polar surface area (TPSA) is 35.5 Å². The fourth-order valence-electron chi connectivity index (χ4n) is 1.51. The Morgan fingerprint density at radius 3 is 2.25 bits per heavy atom. The van der Waals surface area contributed by atoms with E-state index < -0.39 is 0 Å². The summed E-state index contributed by atoms with van der Waals surface area (Å²) < 4.78 is 12.7. The van der Waals surface area contributed by atoms with Crippen molar-refractivity contribution in [3.8, 4) is 0 Å². The standard InChI is InChI=1S/C11H15BO3S/c1-10(2)11(3,4)15-12(14-10)9-5-8(6-13)7-16-9/h5-7H,1-4H3. The molecule has 86 valence electrons. The van der Waals surface area contributed by atoms with E-state index in [0.29, 0.717) is 5.56 Å². The van der Waals surface area contributed by atoms with Crippen molar-refractivity contribution in [1.29, 1.82) is 0 Å². The van der Waals surface area contributed by atoms with Gasteiger partial charge in [0.05, 0.1) is 11.2 Å². The molecular formula is C11H15BO3S. The molecule has 0 spiro atoms. The van der Waals surface area contributed by atoms with E-state index >= 15 is 0 Å². The summed E-state index contributed by atoms with van der Waals surface area (Å²) in [6.07, 6.45) is 0.839. The normalized spacial score (nSPS) is 22.4. The van der Waals surface area contributed by atoms with E-state index in [9.17, 15) is 4.79 Å². The predicted molar refractivity (Wildman–Crippen MR) is 65.4 cm³/mol. The number of aldehydes is 1. The van der Waals surface area contributed by atoms with Crippen LogP contribution in [0, 0.1) is 0 Å². The van der Waals surface area contributed by atoms with Gasteiger partial charge in [0.2, 0.25) is 0 Å². The molecule has 16 heavy (non-hydrogen) atoms. The maximum absolute atomic E-state index is 10.6. The number of hydrogen-bond acceptors (Lipinski definition) is 4. The van der Waals surface area contributed by atoms with Crippen LogP contribution in [0.4, 0.5) is 0 Å². The van der Waals surface area contributed by atoms with Gasteiger partial charge in [-0.25, -0.2) is 0 Å². The average Bonchev–Trinajstić information content (AvgIpc) is 2.70. The Kier molecular flexibility index (Phi) is 2.73. The van der Waals surface area contributed by atoms with Crippen LogP contribution in [0.5, 0.6) is 0 Å². The first-order valence-electron chi connectivity index (χ1n) is 5.25. The van der Waals surface area contributed by atoms with E-state index in [0.717, 1.165) is 11.1 Å². The van der Waals surface area contributed by atoms with Crippen molar-refractivity contribution in [3.05, 3.63) is 17.0 Å². The fourth-order valence-corrected chi connectivity index (χ4v) is 2.32. The largest absolute Gasteiger partial charge is 0.505 e. The summed E-state index contributed by atoms with van der Waals surface area (Å²) in [6, 6.07) is 1.82. The molecule has 2 heterocycles. The highest BCUT2D eigenvalue weighted by molar-refractivity contribution is 7.21. The lowest BCUT2D eigenvalue weighted by Crippen LogP contribution is -2.41. The first kappa shape index (κ1) is 11.8. The summed E-state index contributed by atoms with van der Waals surface area (Å²) in [5.74, 6) is 0. The number of thiophene rings is 1. The van der Waals surface area contributed by atoms with Crippen molar-refractivity contribution < 1.29 is 14.1 Å². The maximum atomic E-state index is 10.6. The minimum atomic E-state index is -0.358. The molecule has 0 atom stereocenters. The summed E-state index contributed by atoms with van der Waals surface area (Å²) in [7, 11) is -0.358. The van der Waals surface area contributed by atoms with Gasteiger partial charge < -0.3 is 9.31 Å². The molecule has 0 aliphatic carbocycles. The number of rotatable bonds is 2. The summed E-state index contributed by atoms with van der Waals surface area (Å²) in [4.78, 5) is 10.6. The molecule has 0 radical (unpaired) electrons. The van der Waals surface area contributed by atoms with Crippen molar-refractivity contribution in [2.45, 2.75) is 38.9 Å². The third-order valence-corrected chi connectivity index (χ3v) is 4.23. The van der Waals surface area contributed by atoms with Crippen LogP contribution in [0.2, 0.25) is 0 Å². The molecule has 1 aliphatic rings. The number of hydrogen-bond donors (Lipinski definition) is 0. The minimum Gasteiger partial charge on any atom is -0.399 e. The molecule has 2 rings (SSSR count). The molecule has 1 fully saturated rings. The summed E-state index contributed by atoms with van der Waals surface area (Å²) in [6.45, 7) is 8.06. The Morgan fingerprint density at radius 2 is 1.81 bits per heavy atom. The highest BCUT2D eigenvalue weighted by atomic mass is 32.1. The first-order chi connectivity index (χ1) is 7.36. The van der Waals surface area contributed by atoms with E-state index in [4.69, 9.17) is 9.31 Å². The maximum Gasteiger partial charge on any atom is 0.505 e. The van der Waals surface area contributed by atoms with E-state index in [-0.39, 0.29) is 18.3 Å². The summed E-state index contributed by atoms with van der Waals surface area (Å²) in [5, 5.41) is 1.81. The van der Waals surface area contributed by atoms with Gasteiger partial charge in [-0.1, -0.05) is 0 Å². The zero-order chi connectivity index (χ0) is 12.0. The van der Waals surface area contributed by atoms with Crippen molar-refractivity contribution in [1.82, 2.24) is 0 Å². The van der Waals surface area contributed by atoms with Crippen LogP contribution in [-0.2, 0) is 9.31 Å². The second-order valence-corrected chi connectivity index (χ2v) is 5.93. The Bertz CT molecular complexity index is 395. The lowest BCUT2D eigenvalue weighted by molar-refractivity contribution is 0.00578. The zero-order valence-electron chi connectivity index (χ0n) is 9.94. The van der Waals surface area contributed by atoms with Crippen LogP contribution < -0.4 is 4.78 Å². The molecular weight excluding hydrogens is 223 g/mol. The van der Waals surface area contributed by atoms with Crippen LogP contribution >= 0.6 is 11.3 Å². The van der Waals surface area contributed by atoms with Crippen molar-refractivity contribution in [2.24, 2.45) is 0 Å². The lowest BCUT2D eigenvalue weighted by atomic mass is 9.87. The SMILES string of the molecule is CC1(C)OB(c2cc(C=O)cs2)OC1(C)C. The Morgan fingerprint density at radius 1 is 1.25 bits per heavy atom. The van der Waals surface area contributed by atoms with Crippen LogP contribution in [0.15, 0.2) is 11.4 Å². The monoisotopic (exact) mass is 238 g/mol. The molecule has 1 aliphatic heterocycles. The molecule has 5 heteroatoms. The van der Waals surface area contributed by atoms with Gasteiger partial charge in [-0.15, -0.1) is 0 Å². The Balaban J connectivity index is 2.23.